The van der Waals surface area contributed by atoms with Crippen molar-refractivity contribution in [3.05, 3.63) is 69.6 Å². The highest BCUT2D eigenvalue weighted by Gasteiger charge is 2.29. The van der Waals surface area contributed by atoms with Crippen LogP contribution in [-0.2, 0) is 11.2 Å². The fourth-order valence-corrected chi connectivity index (χ4v) is 3.53. The fourth-order valence-electron chi connectivity index (χ4n) is 3.53. The second-order valence-corrected chi connectivity index (χ2v) is 7.53. The minimum Gasteiger partial charge on any atom is -0.338 e. The molecule has 0 saturated carbocycles. The second kappa shape index (κ2) is 8.33. The maximum absolute atomic E-state index is 12.8. The minimum absolute atomic E-state index is 0.149. The van der Waals surface area contributed by atoms with Crippen LogP contribution in [-0.4, -0.2) is 34.7 Å². The standard InChI is InChI=1S/C22H26N2O3/c1-15(2)19-11-10-18(21(26)23-19)22(27)24-12-6-9-17(14-24)20(25)13-16-7-4-3-5-8-16/h3-5,7-8,10-11,15,17H,6,9,12-14H2,1-2H3,(H,23,26)/t17-/m1/s1. The monoisotopic (exact) mass is 366 g/mol. The number of nitrogens with one attached hydrogen (secondary N) is 1. The van der Waals surface area contributed by atoms with Crippen molar-refractivity contribution in [1.29, 1.82) is 0 Å². The molecule has 5 heteroatoms. The molecule has 1 fully saturated rings. The minimum atomic E-state index is -0.357. The van der Waals surface area contributed by atoms with Crippen LogP contribution in [0.5, 0.6) is 0 Å². The van der Waals surface area contributed by atoms with Crippen LogP contribution in [0.2, 0.25) is 0 Å². The topological polar surface area (TPSA) is 70.2 Å². The highest BCUT2D eigenvalue weighted by Crippen LogP contribution is 2.21. The van der Waals surface area contributed by atoms with Crippen molar-refractivity contribution in [3.8, 4) is 0 Å². The third-order valence-electron chi connectivity index (χ3n) is 5.17. The zero-order valence-electron chi connectivity index (χ0n) is 15.9. The molecule has 0 bridgehead atoms. The molecule has 1 aliphatic rings. The Morgan fingerprint density at radius 2 is 1.89 bits per heavy atom. The van der Waals surface area contributed by atoms with Gasteiger partial charge in [0.25, 0.3) is 11.5 Å². The maximum Gasteiger partial charge on any atom is 0.261 e. The lowest BCUT2D eigenvalue weighted by atomic mass is 9.90. The van der Waals surface area contributed by atoms with Gasteiger partial charge in [-0.05, 0) is 36.5 Å². The number of hydrogen-bond acceptors (Lipinski definition) is 3. The first kappa shape index (κ1) is 19.1. The Morgan fingerprint density at radius 1 is 1.15 bits per heavy atom. The number of Topliss-reactive ketones (excluding diaryl/α,β-unsaturated/α-hetero) is 1. The summed E-state index contributed by atoms with van der Waals surface area (Å²) in [5.74, 6) is -0.111. The van der Waals surface area contributed by atoms with Gasteiger partial charge in [0, 0.05) is 31.1 Å². The molecule has 142 valence electrons. The van der Waals surface area contributed by atoms with Gasteiger partial charge in [0.05, 0.1) is 0 Å². The summed E-state index contributed by atoms with van der Waals surface area (Å²) in [5.41, 5.74) is 1.59. The van der Waals surface area contributed by atoms with Gasteiger partial charge in [-0.3, -0.25) is 14.4 Å². The molecule has 1 aromatic heterocycles. The average molecular weight is 366 g/mol. The van der Waals surface area contributed by atoms with E-state index in [0.717, 1.165) is 24.1 Å². The molecule has 5 nitrogen and oxygen atoms in total. The van der Waals surface area contributed by atoms with Crippen molar-refractivity contribution in [2.75, 3.05) is 13.1 Å². The van der Waals surface area contributed by atoms with Crippen molar-refractivity contribution in [1.82, 2.24) is 9.88 Å². The summed E-state index contributed by atoms with van der Waals surface area (Å²) in [6.45, 7) is 4.94. The molecule has 1 aliphatic heterocycles. The van der Waals surface area contributed by atoms with Gasteiger partial charge in [0.1, 0.15) is 11.3 Å². The molecule has 1 atom stereocenters. The van der Waals surface area contributed by atoms with E-state index >= 15 is 0 Å². The van der Waals surface area contributed by atoms with E-state index in [1.54, 1.807) is 17.0 Å². The van der Waals surface area contributed by atoms with Crippen molar-refractivity contribution in [2.45, 2.75) is 39.0 Å². The molecule has 1 amide bonds. The lowest BCUT2D eigenvalue weighted by Gasteiger charge is -2.32. The van der Waals surface area contributed by atoms with Gasteiger partial charge < -0.3 is 9.88 Å². The normalized spacial score (nSPS) is 17.1. The largest absolute Gasteiger partial charge is 0.338 e. The number of pyridine rings is 1. The summed E-state index contributed by atoms with van der Waals surface area (Å²) >= 11 is 0. The summed E-state index contributed by atoms with van der Waals surface area (Å²) in [6.07, 6.45) is 1.95. The Labute approximate surface area is 159 Å². The summed E-state index contributed by atoms with van der Waals surface area (Å²) in [7, 11) is 0. The van der Waals surface area contributed by atoms with E-state index in [1.165, 1.54) is 0 Å². The lowest BCUT2D eigenvalue weighted by Crippen LogP contribution is -2.44. The molecule has 27 heavy (non-hydrogen) atoms. The van der Waals surface area contributed by atoms with Gasteiger partial charge in [-0.15, -0.1) is 0 Å². The number of rotatable bonds is 5. The van der Waals surface area contributed by atoms with Crippen LogP contribution in [0.15, 0.2) is 47.3 Å². The van der Waals surface area contributed by atoms with Crippen LogP contribution >= 0.6 is 0 Å². The number of H-pyrrole nitrogens is 1. The Bertz CT molecular complexity index is 871. The van der Waals surface area contributed by atoms with Crippen LogP contribution in [0, 0.1) is 5.92 Å². The number of benzene rings is 1. The summed E-state index contributed by atoms with van der Waals surface area (Å²) in [6, 6.07) is 13.1. The smallest absolute Gasteiger partial charge is 0.261 e. The number of nitrogens with zero attached hydrogens (tertiary/aromatic N) is 1. The first-order valence-corrected chi connectivity index (χ1v) is 9.55. The molecule has 0 unspecified atom stereocenters. The van der Waals surface area contributed by atoms with E-state index in [0.29, 0.717) is 19.5 Å². The van der Waals surface area contributed by atoms with Crippen molar-refractivity contribution in [2.24, 2.45) is 5.92 Å². The Hall–Kier alpha value is -2.69. The molecular formula is C22H26N2O3. The van der Waals surface area contributed by atoms with Crippen LogP contribution in [0.25, 0.3) is 0 Å². The molecule has 1 aromatic carbocycles. The SMILES string of the molecule is CC(C)c1ccc(C(=O)N2CCC[C@@H](C(=O)Cc3ccccc3)C2)c(=O)[nH]1. The van der Waals surface area contributed by atoms with Crippen LogP contribution < -0.4 is 5.56 Å². The number of aromatic amines is 1. The first-order valence-electron chi connectivity index (χ1n) is 9.55. The zero-order chi connectivity index (χ0) is 19.4. The third-order valence-corrected chi connectivity index (χ3v) is 5.17. The number of piperidine rings is 1. The molecule has 0 aliphatic carbocycles. The number of carbonyl (C=O) groups is 2. The van der Waals surface area contributed by atoms with Gasteiger partial charge in [-0.2, -0.15) is 0 Å². The Morgan fingerprint density at radius 3 is 2.56 bits per heavy atom. The van der Waals surface area contributed by atoms with E-state index < -0.39 is 0 Å². The van der Waals surface area contributed by atoms with E-state index in [4.69, 9.17) is 0 Å². The molecule has 3 rings (SSSR count). The summed E-state index contributed by atoms with van der Waals surface area (Å²) < 4.78 is 0. The van der Waals surface area contributed by atoms with Gasteiger partial charge in [-0.25, -0.2) is 0 Å². The molecule has 1 saturated heterocycles. The quantitative estimate of drug-likeness (QED) is 0.884. The number of amides is 1. The molecule has 2 heterocycles. The highest BCUT2D eigenvalue weighted by molar-refractivity contribution is 5.94. The Kier molecular flexibility index (Phi) is 5.89. The average Bonchev–Trinajstić information content (AvgIpc) is 2.68. The summed E-state index contributed by atoms with van der Waals surface area (Å²) in [4.78, 5) is 42.2. The van der Waals surface area contributed by atoms with Crippen LogP contribution in [0.3, 0.4) is 0 Å². The fraction of sp³-hybridized carbons (Fsp3) is 0.409. The molecule has 2 aromatic rings. The number of ketones is 1. The van der Waals surface area contributed by atoms with E-state index in [1.807, 2.05) is 44.2 Å². The first-order chi connectivity index (χ1) is 13.0. The lowest BCUT2D eigenvalue weighted by molar-refractivity contribution is -0.123. The number of likely N-dealkylation sites (tertiary alicyclic amines) is 1. The van der Waals surface area contributed by atoms with Crippen LogP contribution in [0.4, 0.5) is 0 Å². The molecule has 1 N–H and O–H groups in total. The number of carbonyl (C=O) groups excluding carboxylic acids is 2. The second-order valence-electron chi connectivity index (χ2n) is 7.53. The van der Waals surface area contributed by atoms with E-state index in [2.05, 4.69) is 4.98 Å². The zero-order valence-corrected chi connectivity index (χ0v) is 15.9. The molecule has 0 spiro atoms. The molecule has 0 radical (unpaired) electrons. The number of aromatic nitrogens is 1. The third kappa shape index (κ3) is 4.54. The van der Waals surface area contributed by atoms with Gasteiger partial charge in [-0.1, -0.05) is 44.2 Å². The van der Waals surface area contributed by atoms with E-state index in [9.17, 15) is 14.4 Å². The Balaban J connectivity index is 1.69. The highest BCUT2D eigenvalue weighted by atomic mass is 16.2. The van der Waals surface area contributed by atoms with Crippen molar-refractivity contribution < 1.29 is 9.59 Å². The molecular weight excluding hydrogens is 340 g/mol. The van der Waals surface area contributed by atoms with Crippen molar-refractivity contribution in [3.63, 3.8) is 0 Å². The predicted octanol–water partition coefficient (Wildman–Crippen LogP) is 3.16. The predicted molar refractivity (Wildman–Crippen MR) is 105 cm³/mol. The van der Waals surface area contributed by atoms with E-state index in [-0.39, 0.29) is 34.6 Å². The maximum atomic E-state index is 12.8. The number of hydrogen-bond donors (Lipinski definition) is 1. The van der Waals surface area contributed by atoms with Gasteiger partial charge >= 0.3 is 0 Å². The summed E-state index contributed by atoms with van der Waals surface area (Å²) in [5, 5.41) is 0. The van der Waals surface area contributed by atoms with Crippen molar-refractivity contribution >= 4 is 11.7 Å². The van der Waals surface area contributed by atoms with Gasteiger partial charge in [0.2, 0.25) is 0 Å². The van der Waals surface area contributed by atoms with Crippen LogP contribution in [0.1, 0.15) is 54.2 Å². The van der Waals surface area contributed by atoms with Gasteiger partial charge in [0.15, 0.2) is 0 Å².